The molecule has 1 fully saturated rings. The predicted octanol–water partition coefficient (Wildman–Crippen LogP) is 0.0653. The van der Waals surface area contributed by atoms with Crippen molar-refractivity contribution in [3.63, 3.8) is 0 Å². The number of rotatable bonds is 4. The van der Waals surface area contributed by atoms with E-state index in [1.54, 1.807) is 6.92 Å². The summed E-state index contributed by atoms with van der Waals surface area (Å²) >= 11 is 0. The zero-order valence-corrected chi connectivity index (χ0v) is 8.73. The first-order chi connectivity index (χ1) is 7.03. The molecule has 1 saturated heterocycles. The Bertz CT molecular complexity index is 263. The molecule has 0 aromatic heterocycles. The van der Waals surface area contributed by atoms with Gasteiger partial charge in [0, 0.05) is 13.0 Å². The average Bonchev–Trinajstić information content (AvgIpc) is 2.21. The molecule has 0 aromatic rings. The number of carbonyl (C=O) groups excluding carboxylic acids is 1. The molecule has 5 nitrogen and oxygen atoms in total. The average molecular weight is 216 g/mol. The van der Waals surface area contributed by atoms with E-state index in [-0.39, 0.29) is 37.8 Å². The number of ether oxygens (including phenoxy) is 1. The van der Waals surface area contributed by atoms with Gasteiger partial charge in [0.2, 0.25) is 0 Å². The highest BCUT2D eigenvalue weighted by Gasteiger charge is 2.48. The molecule has 0 aromatic carbocycles. The van der Waals surface area contributed by atoms with Crippen molar-refractivity contribution in [1.29, 1.82) is 0 Å². The van der Waals surface area contributed by atoms with Crippen molar-refractivity contribution in [2.45, 2.75) is 19.8 Å². The summed E-state index contributed by atoms with van der Waals surface area (Å²) in [6.45, 7) is 1.81. The van der Waals surface area contributed by atoms with Crippen molar-refractivity contribution >= 4 is 11.8 Å². The Morgan fingerprint density at radius 2 is 2.33 bits per heavy atom. The monoisotopic (exact) mass is 216 g/mol. The van der Waals surface area contributed by atoms with Crippen LogP contribution in [0.1, 0.15) is 19.8 Å². The molecule has 5 heteroatoms. The van der Waals surface area contributed by atoms with Gasteiger partial charge in [-0.15, -0.1) is 0 Å². The molecular formula is C10H16O5. The minimum atomic E-state index is -1.44. The molecule has 0 amide bonds. The molecule has 2 unspecified atom stereocenters. The summed E-state index contributed by atoms with van der Waals surface area (Å²) in [7, 11) is 0. The molecule has 0 saturated carbocycles. The summed E-state index contributed by atoms with van der Waals surface area (Å²) in [6, 6.07) is 0. The highest BCUT2D eigenvalue weighted by atomic mass is 16.5. The van der Waals surface area contributed by atoms with Crippen molar-refractivity contribution in [2.24, 2.45) is 11.3 Å². The van der Waals surface area contributed by atoms with E-state index in [1.807, 2.05) is 0 Å². The Morgan fingerprint density at radius 1 is 1.67 bits per heavy atom. The van der Waals surface area contributed by atoms with Crippen LogP contribution in [-0.2, 0) is 14.3 Å². The first-order valence-electron chi connectivity index (χ1n) is 4.98. The van der Waals surface area contributed by atoms with Gasteiger partial charge >= 0.3 is 5.97 Å². The van der Waals surface area contributed by atoms with Gasteiger partial charge < -0.3 is 14.9 Å². The third-order valence-electron chi connectivity index (χ3n) is 2.77. The van der Waals surface area contributed by atoms with E-state index in [2.05, 4.69) is 0 Å². The lowest BCUT2D eigenvalue weighted by molar-refractivity contribution is -0.166. The number of carboxylic acids is 1. The van der Waals surface area contributed by atoms with Crippen LogP contribution in [-0.4, -0.2) is 41.8 Å². The number of aliphatic hydroxyl groups excluding tert-OH is 1. The summed E-state index contributed by atoms with van der Waals surface area (Å²) in [5.41, 5.74) is -1.44. The second-order valence-corrected chi connectivity index (χ2v) is 4.10. The van der Waals surface area contributed by atoms with Crippen LogP contribution in [0.15, 0.2) is 0 Å². The first kappa shape index (κ1) is 12.1. The Morgan fingerprint density at radius 3 is 2.80 bits per heavy atom. The molecule has 0 aliphatic carbocycles. The fourth-order valence-corrected chi connectivity index (χ4v) is 1.83. The van der Waals surface area contributed by atoms with Crippen LogP contribution >= 0.6 is 0 Å². The molecule has 0 spiro atoms. The molecule has 1 aliphatic heterocycles. The zero-order chi connectivity index (χ0) is 11.5. The molecule has 0 radical (unpaired) electrons. The maximum atomic E-state index is 11.7. The van der Waals surface area contributed by atoms with E-state index in [0.29, 0.717) is 6.61 Å². The predicted molar refractivity (Wildman–Crippen MR) is 51.4 cm³/mol. The van der Waals surface area contributed by atoms with Crippen LogP contribution in [0.3, 0.4) is 0 Å². The maximum absolute atomic E-state index is 11.7. The molecule has 15 heavy (non-hydrogen) atoms. The standard InChI is InChI=1S/C10H16O5/c1-7(5-11)4-10(9(13)14)6-15-3-2-8(10)12/h7,11H,2-6H2,1H3,(H,13,14). The van der Waals surface area contributed by atoms with E-state index in [1.165, 1.54) is 0 Å². The maximum Gasteiger partial charge on any atom is 0.319 e. The number of hydrogen-bond acceptors (Lipinski definition) is 4. The quantitative estimate of drug-likeness (QED) is 0.649. The molecule has 1 aliphatic rings. The lowest BCUT2D eigenvalue weighted by Crippen LogP contribution is -2.48. The van der Waals surface area contributed by atoms with Crippen LogP contribution in [0, 0.1) is 11.3 Å². The van der Waals surface area contributed by atoms with Crippen LogP contribution in [0.5, 0.6) is 0 Å². The third-order valence-corrected chi connectivity index (χ3v) is 2.77. The number of Topliss-reactive ketones (excluding diaryl/α,β-unsaturated/α-hetero) is 1. The Balaban J connectivity index is 2.86. The lowest BCUT2D eigenvalue weighted by Gasteiger charge is -2.33. The second-order valence-electron chi connectivity index (χ2n) is 4.10. The minimum absolute atomic E-state index is 0.0779. The van der Waals surface area contributed by atoms with Crippen molar-refractivity contribution in [3.05, 3.63) is 0 Å². The fraction of sp³-hybridized carbons (Fsp3) is 0.800. The fourth-order valence-electron chi connectivity index (χ4n) is 1.83. The van der Waals surface area contributed by atoms with Gasteiger partial charge in [0.1, 0.15) is 5.41 Å². The Labute approximate surface area is 88.0 Å². The van der Waals surface area contributed by atoms with Crippen molar-refractivity contribution in [2.75, 3.05) is 19.8 Å². The Kier molecular flexibility index (Phi) is 3.82. The van der Waals surface area contributed by atoms with E-state index >= 15 is 0 Å². The largest absolute Gasteiger partial charge is 0.480 e. The zero-order valence-electron chi connectivity index (χ0n) is 8.73. The number of carboxylic acid groups (broad SMARTS) is 1. The minimum Gasteiger partial charge on any atom is -0.480 e. The Hall–Kier alpha value is -0.940. The molecule has 1 rings (SSSR count). The molecule has 1 heterocycles. The summed E-state index contributed by atoms with van der Waals surface area (Å²) in [5.74, 6) is -1.65. The summed E-state index contributed by atoms with van der Waals surface area (Å²) in [5, 5.41) is 18.0. The van der Waals surface area contributed by atoms with Gasteiger partial charge in [-0.1, -0.05) is 6.92 Å². The van der Waals surface area contributed by atoms with Gasteiger partial charge in [-0.05, 0) is 12.3 Å². The van der Waals surface area contributed by atoms with E-state index in [4.69, 9.17) is 14.9 Å². The van der Waals surface area contributed by atoms with Gasteiger partial charge in [-0.25, -0.2) is 0 Å². The smallest absolute Gasteiger partial charge is 0.319 e. The van der Waals surface area contributed by atoms with Gasteiger partial charge in [0.05, 0.1) is 13.2 Å². The normalized spacial score (nSPS) is 28.8. The van der Waals surface area contributed by atoms with Gasteiger partial charge in [-0.3, -0.25) is 9.59 Å². The number of carbonyl (C=O) groups is 2. The van der Waals surface area contributed by atoms with E-state index in [9.17, 15) is 9.59 Å². The highest BCUT2D eigenvalue weighted by Crippen LogP contribution is 2.32. The topological polar surface area (TPSA) is 83.8 Å². The highest BCUT2D eigenvalue weighted by molar-refractivity contribution is 6.03. The molecule has 2 N–H and O–H groups in total. The number of aliphatic hydroxyl groups is 1. The molecular weight excluding hydrogens is 200 g/mol. The van der Waals surface area contributed by atoms with Crippen LogP contribution < -0.4 is 0 Å². The SMILES string of the molecule is CC(CO)CC1(C(=O)O)COCCC1=O. The van der Waals surface area contributed by atoms with E-state index in [0.717, 1.165) is 0 Å². The summed E-state index contributed by atoms with van der Waals surface area (Å²) < 4.78 is 5.08. The lowest BCUT2D eigenvalue weighted by atomic mass is 9.75. The van der Waals surface area contributed by atoms with Gasteiger partial charge in [0.15, 0.2) is 5.78 Å². The number of aliphatic carboxylic acids is 1. The van der Waals surface area contributed by atoms with Gasteiger partial charge in [0.25, 0.3) is 0 Å². The molecule has 0 bridgehead atoms. The van der Waals surface area contributed by atoms with Gasteiger partial charge in [-0.2, -0.15) is 0 Å². The third kappa shape index (κ3) is 2.35. The second kappa shape index (κ2) is 4.72. The number of hydrogen-bond donors (Lipinski definition) is 2. The summed E-state index contributed by atoms with van der Waals surface area (Å²) in [4.78, 5) is 22.8. The van der Waals surface area contributed by atoms with Crippen molar-refractivity contribution in [3.8, 4) is 0 Å². The molecule has 86 valence electrons. The first-order valence-corrected chi connectivity index (χ1v) is 4.98. The van der Waals surface area contributed by atoms with Crippen LogP contribution in [0.2, 0.25) is 0 Å². The van der Waals surface area contributed by atoms with Crippen LogP contribution in [0.4, 0.5) is 0 Å². The van der Waals surface area contributed by atoms with Crippen LogP contribution in [0.25, 0.3) is 0 Å². The van der Waals surface area contributed by atoms with E-state index < -0.39 is 11.4 Å². The van der Waals surface area contributed by atoms with Crippen molar-refractivity contribution in [1.82, 2.24) is 0 Å². The van der Waals surface area contributed by atoms with Crippen molar-refractivity contribution < 1.29 is 24.5 Å². The number of ketones is 1. The summed E-state index contributed by atoms with van der Waals surface area (Å²) in [6.07, 6.45) is 0.280. The molecule has 2 atom stereocenters.